The first-order valence-electron chi connectivity index (χ1n) is 4.00. The third-order valence-corrected chi connectivity index (χ3v) is 2.50. The molecular formula is C9H5IN4S. The number of nitrogens with zero attached hydrogens (tertiary/aromatic N) is 4. The highest BCUT2D eigenvalue weighted by atomic mass is 127. The molecule has 0 aromatic carbocycles. The number of halogens is 1. The van der Waals surface area contributed by atoms with Gasteiger partial charge in [-0.25, -0.2) is 4.98 Å². The van der Waals surface area contributed by atoms with Crippen LogP contribution >= 0.6 is 30.1 Å². The van der Waals surface area contributed by atoms with Crippen molar-refractivity contribution < 1.29 is 0 Å². The Balaban J connectivity index is 2.25. The van der Waals surface area contributed by atoms with Crippen molar-refractivity contribution in [1.82, 2.24) is 19.7 Å². The molecule has 2 aromatic heterocycles. The van der Waals surface area contributed by atoms with E-state index in [2.05, 4.69) is 47.6 Å². The van der Waals surface area contributed by atoms with Gasteiger partial charge in [0, 0.05) is 33.0 Å². The molecule has 2 aromatic rings. The van der Waals surface area contributed by atoms with Gasteiger partial charge in [-0.2, -0.15) is 0 Å². The lowest BCUT2D eigenvalue weighted by Gasteiger charge is -1.98. The van der Waals surface area contributed by atoms with Gasteiger partial charge < -0.3 is 0 Å². The van der Waals surface area contributed by atoms with Crippen LogP contribution in [0.15, 0.2) is 31.0 Å². The molecular weight excluding hydrogens is 323 g/mol. The van der Waals surface area contributed by atoms with E-state index in [9.17, 15) is 0 Å². The van der Waals surface area contributed by atoms with Gasteiger partial charge in [-0.3, -0.25) is 4.57 Å². The van der Waals surface area contributed by atoms with Crippen molar-refractivity contribution in [2.45, 2.75) is 0 Å². The predicted octanol–water partition coefficient (Wildman–Crippen LogP) is 2.05. The summed E-state index contributed by atoms with van der Waals surface area (Å²) in [5, 5.41) is 10.3. The third-order valence-electron chi connectivity index (χ3n) is 1.67. The first kappa shape index (κ1) is 10.4. The summed E-state index contributed by atoms with van der Waals surface area (Å²) < 4.78 is 1.74. The molecule has 2 heterocycles. The van der Waals surface area contributed by atoms with Crippen molar-refractivity contribution in [2.24, 2.45) is 0 Å². The Morgan fingerprint density at radius 2 is 2.07 bits per heavy atom. The molecule has 0 fully saturated rings. The van der Waals surface area contributed by atoms with Gasteiger partial charge in [0.1, 0.15) is 18.5 Å². The van der Waals surface area contributed by atoms with Crippen LogP contribution in [0, 0.1) is 11.2 Å². The van der Waals surface area contributed by atoms with Gasteiger partial charge in [-0.05, 0) is 26.3 Å². The summed E-state index contributed by atoms with van der Waals surface area (Å²) in [6.45, 7) is 0. The van der Waals surface area contributed by atoms with Crippen LogP contribution in [0.4, 0.5) is 0 Å². The van der Waals surface area contributed by atoms with Crippen LogP contribution in [0.3, 0.4) is 0 Å². The molecule has 0 aliphatic carbocycles. The van der Waals surface area contributed by atoms with E-state index in [1.54, 1.807) is 23.4 Å². The SMILES string of the molecule is ISC#Cc1ccc(-n2cnnc2)nc1. The standard InChI is InChI=1S/C9H5IN4S/c10-15-4-3-8-1-2-9(11-5-8)14-6-12-13-7-14/h1-2,5-7H. The van der Waals surface area contributed by atoms with E-state index in [0.717, 1.165) is 11.4 Å². The zero-order valence-electron chi connectivity index (χ0n) is 7.46. The smallest absolute Gasteiger partial charge is 0.139 e. The van der Waals surface area contributed by atoms with Crippen LogP contribution in [0.25, 0.3) is 5.82 Å². The fraction of sp³-hybridized carbons (Fsp3) is 0. The molecule has 0 amide bonds. The van der Waals surface area contributed by atoms with E-state index >= 15 is 0 Å². The van der Waals surface area contributed by atoms with Crippen molar-refractivity contribution in [1.29, 1.82) is 0 Å². The van der Waals surface area contributed by atoms with Crippen LogP contribution in [0.1, 0.15) is 5.56 Å². The number of hydrogen-bond acceptors (Lipinski definition) is 4. The van der Waals surface area contributed by atoms with E-state index in [0.29, 0.717) is 0 Å². The van der Waals surface area contributed by atoms with Crippen LogP contribution in [0.2, 0.25) is 0 Å². The zero-order valence-corrected chi connectivity index (χ0v) is 10.4. The Morgan fingerprint density at radius 1 is 1.27 bits per heavy atom. The van der Waals surface area contributed by atoms with Gasteiger partial charge in [0.15, 0.2) is 0 Å². The molecule has 4 nitrogen and oxygen atoms in total. The predicted molar refractivity (Wildman–Crippen MR) is 67.6 cm³/mol. The summed E-state index contributed by atoms with van der Waals surface area (Å²) >= 11 is 2.13. The monoisotopic (exact) mass is 328 g/mol. The summed E-state index contributed by atoms with van der Waals surface area (Å²) in [5.74, 6) is 3.75. The lowest BCUT2D eigenvalue weighted by molar-refractivity contribution is 0.989. The average molecular weight is 328 g/mol. The number of aromatic nitrogens is 4. The van der Waals surface area contributed by atoms with Crippen LogP contribution in [0.5, 0.6) is 0 Å². The minimum absolute atomic E-state index is 0.785. The first-order valence-corrected chi connectivity index (χ1v) is 7.36. The normalized spacial score (nSPS) is 9.40. The Hall–Kier alpha value is -1.07. The summed E-state index contributed by atoms with van der Waals surface area (Å²) in [7, 11) is 1.45. The van der Waals surface area contributed by atoms with Gasteiger partial charge in [0.25, 0.3) is 0 Å². The molecule has 2 rings (SSSR count). The Labute approximate surface area is 103 Å². The van der Waals surface area contributed by atoms with E-state index < -0.39 is 0 Å². The van der Waals surface area contributed by atoms with Crippen LogP contribution in [-0.2, 0) is 0 Å². The second-order valence-electron chi connectivity index (χ2n) is 2.58. The Morgan fingerprint density at radius 3 is 2.67 bits per heavy atom. The number of rotatable bonds is 1. The minimum Gasteiger partial charge on any atom is -0.272 e. The molecule has 6 heteroatoms. The maximum absolute atomic E-state index is 4.24. The second kappa shape index (κ2) is 5.14. The fourth-order valence-electron chi connectivity index (χ4n) is 1.01. The molecule has 0 saturated carbocycles. The lowest BCUT2D eigenvalue weighted by Crippen LogP contribution is -1.93. The minimum atomic E-state index is 0.785. The molecule has 0 atom stereocenters. The molecule has 74 valence electrons. The second-order valence-corrected chi connectivity index (χ2v) is 4.26. The van der Waals surface area contributed by atoms with Gasteiger partial charge in [-0.1, -0.05) is 5.92 Å². The molecule has 0 aliphatic heterocycles. The van der Waals surface area contributed by atoms with E-state index in [4.69, 9.17) is 0 Å². The Kier molecular flexibility index (Phi) is 3.58. The number of pyridine rings is 1. The Bertz CT molecular complexity index is 483. The summed E-state index contributed by atoms with van der Waals surface area (Å²) in [6, 6.07) is 3.80. The van der Waals surface area contributed by atoms with Crippen molar-refractivity contribution in [3.63, 3.8) is 0 Å². The summed E-state index contributed by atoms with van der Waals surface area (Å²) in [6.07, 6.45) is 4.94. The molecule has 0 aliphatic rings. The van der Waals surface area contributed by atoms with Crippen LogP contribution in [-0.4, -0.2) is 19.7 Å². The van der Waals surface area contributed by atoms with Crippen molar-refractivity contribution in [2.75, 3.05) is 0 Å². The summed E-state index contributed by atoms with van der Waals surface area (Å²) in [4.78, 5) is 4.24. The quantitative estimate of drug-likeness (QED) is 0.594. The molecule has 0 saturated heterocycles. The maximum atomic E-state index is 4.24. The fourth-order valence-corrected chi connectivity index (χ4v) is 1.50. The van der Waals surface area contributed by atoms with Gasteiger partial charge in [0.2, 0.25) is 0 Å². The molecule has 15 heavy (non-hydrogen) atoms. The zero-order chi connectivity index (χ0) is 10.5. The van der Waals surface area contributed by atoms with Crippen LogP contribution < -0.4 is 0 Å². The van der Waals surface area contributed by atoms with Crippen molar-refractivity contribution in [3.8, 4) is 17.0 Å². The lowest BCUT2D eigenvalue weighted by atomic mass is 10.3. The average Bonchev–Trinajstić information content (AvgIpc) is 2.80. The third kappa shape index (κ3) is 2.70. The van der Waals surface area contributed by atoms with E-state index in [1.165, 1.54) is 8.93 Å². The molecule has 0 N–H and O–H groups in total. The maximum Gasteiger partial charge on any atom is 0.139 e. The summed E-state index contributed by atoms with van der Waals surface area (Å²) in [5.41, 5.74) is 0.899. The molecule has 0 spiro atoms. The molecule has 0 radical (unpaired) electrons. The highest BCUT2D eigenvalue weighted by Gasteiger charge is 1.96. The van der Waals surface area contributed by atoms with Crippen molar-refractivity contribution >= 4 is 30.1 Å². The topological polar surface area (TPSA) is 43.6 Å². The van der Waals surface area contributed by atoms with Gasteiger partial charge in [0.05, 0.1) is 0 Å². The van der Waals surface area contributed by atoms with E-state index in [-0.39, 0.29) is 0 Å². The highest BCUT2D eigenvalue weighted by molar-refractivity contribution is 14.2. The van der Waals surface area contributed by atoms with Gasteiger partial charge >= 0.3 is 0 Å². The van der Waals surface area contributed by atoms with E-state index in [1.807, 2.05) is 12.1 Å². The largest absolute Gasteiger partial charge is 0.272 e. The van der Waals surface area contributed by atoms with Crippen molar-refractivity contribution in [3.05, 3.63) is 36.5 Å². The molecule has 0 unspecified atom stereocenters. The number of hydrogen-bond donors (Lipinski definition) is 0. The highest BCUT2D eigenvalue weighted by Crippen LogP contribution is 2.08. The first-order chi connectivity index (χ1) is 7.40. The molecule has 0 bridgehead atoms. The van der Waals surface area contributed by atoms with Gasteiger partial charge in [-0.15, -0.1) is 10.2 Å².